The highest BCUT2D eigenvalue weighted by Gasteiger charge is 2.53. The van der Waals surface area contributed by atoms with Crippen molar-refractivity contribution < 1.29 is 28.6 Å². The zero-order valence-electron chi connectivity index (χ0n) is 29.0. The van der Waals surface area contributed by atoms with E-state index in [4.69, 9.17) is 14.2 Å². The van der Waals surface area contributed by atoms with Gasteiger partial charge in [-0.2, -0.15) is 0 Å². The Hall–Kier alpha value is -1.59. The molecule has 6 bridgehead atoms. The van der Waals surface area contributed by atoms with Gasteiger partial charge in [0, 0.05) is 0 Å². The van der Waals surface area contributed by atoms with Crippen LogP contribution in [-0.2, 0) is 28.6 Å². The Morgan fingerprint density at radius 1 is 0.591 bits per heavy atom. The Bertz CT molecular complexity index is 902. The van der Waals surface area contributed by atoms with Crippen molar-refractivity contribution in [3.63, 3.8) is 0 Å². The maximum atomic E-state index is 12.0. The van der Waals surface area contributed by atoms with Gasteiger partial charge in [-0.15, -0.1) is 0 Å². The lowest BCUT2D eigenvalue weighted by Crippen LogP contribution is -2.53. The lowest BCUT2D eigenvalue weighted by Gasteiger charge is -2.55. The van der Waals surface area contributed by atoms with Gasteiger partial charge >= 0.3 is 17.9 Å². The van der Waals surface area contributed by atoms with Crippen molar-refractivity contribution in [1.29, 1.82) is 0 Å². The summed E-state index contributed by atoms with van der Waals surface area (Å²) in [5.41, 5.74) is -0.0464. The van der Waals surface area contributed by atoms with Crippen LogP contribution in [0.25, 0.3) is 0 Å². The number of fused-ring (bicyclic) bond motifs is 2. The van der Waals surface area contributed by atoms with Gasteiger partial charge < -0.3 is 14.2 Å². The number of carbonyl (C=O) groups is 3. The van der Waals surface area contributed by atoms with E-state index in [9.17, 15) is 14.4 Å². The minimum Gasteiger partial charge on any atom is -0.462 e. The van der Waals surface area contributed by atoms with Crippen LogP contribution in [0.1, 0.15) is 157 Å². The largest absolute Gasteiger partial charge is 0.462 e. The summed E-state index contributed by atoms with van der Waals surface area (Å²) in [6, 6.07) is 0. The number of hydrogen-bond donors (Lipinski definition) is 0. The average molecular weight is 617 g/mol. The molecule has 7 aliphatic rings. The van der Waals surface area contributed by atoms with E-state index >= 15 is 0 Å². The lowest BCUT2D eigenvalue weighted by atomic mass is 9.54. The van der Waals surface area contributed by atoms with Gasteiger partial charge in [-0.05, 0) is 139 Å². The first-order chi connectivity index (χ1) is 21.0. The van der Waals surface area contributed by atoms with Crippen LogP contribution in [0.4, 0.5) is 0 Å². The third-order valence-corrected chi connectivity index (χ3v) is 12.1. The summed E-state index contributed by atoms with van der Waals surface area (Å²) in [6.07, 6.45) is 21.8. The summed E-state index contributed by atoms with van der Waals surface area (Å²) < 4.78 is 16.9. The molecule has 7 fully saturated rings. The fourth-order valence-corrected chi connectivity index (χ4v) is 9.03. The van der Waals surface area contributed by atoms with E-state index in [1.807, 2.05) is 34.6 Å². The van der Waals surface area contributed by atoms with Crippen LogP contribution in [0, 0.1) is 47.3 Å². The van der Waals surface area contributed by atoms with Crippen LogP contribution in [0.3, 0.4) is 0 Å². The highest BCUT2D eigenvalue weighted by atomic mass is 16.6. The van der Waals surface area contributed by atoms with Crippen LogP contribution in [-0.4, -0.2) is 35.7 Å². The number of rotatable bonds is 9. The van der Waals surface area contributed by atoms with E-state index in [1.54, 1.807) is 0 Å². The molecule has 6 atom stereocenters. The van der Waals surface area contributed by atoms with Crippen LogP contribution in [0.5, 0.6) is 0 Å². The molecule has 0 radical (unpaired) electrons. The molecule has 0 aliphatic heterocycles. The van der Waals surface area contributed by atoms with E-state index in [0.717, 1.165) is 81.5 Å². The molecule has 6 nitrogen and oxygen atoms in total. The molecule has 0 heterocycles. The summed E-state index contributed by atoms with van der Waals surface area (Å²) in [7, 11) is 0. The second kappa shape index (κ2) is 16.3. The van der Waals surface area contributed by atoms with E-state index in [2.05, 4.69) is 6.92 Å². The smallest absolute Gasteiger partial charge is 0.309 e. The topological polar surface area (TPSA) is 78.9 Å². The second-order valence-electron chi connectivity index (χ2n) is 15.8. The van der Waals surface area contributed by atoms with Crippen molar-refractivity contribution in [2.75, 3.05) is 0 Å². The summed E-state index contributed by atoms with van der Waals surface area (Å²) in [6.45, 7) is 12.0. The molecule has 7 rings (SSSR count). The number of hydrogen-bond acceptors (Lipinski definition) is 6. The molecule has 0 N–H and O–H groups in total. The van der Waals surface area contributed by atoms with Gasteiger partial charge in [-0.3, -0.25) is 14.4 Å². The van der Waals surface area contributed by atoms with Crippen molar-refractivity contribution in [2.24, 2.45) is 47.3 Å². The van der Waals surface area contributed by atoms with E-state index in [0.29, 0.717) is 5.92 Å². The molecule has 0 saturated heterocycles. The summed E-state index contributed by atoms with van der Waals surface area (Å²) in [5, 5.41) is 0. The van der Waals surface area contributed by atoms with Gasteiger partial charge in [-0.25, -0.2) is 0 Å². The van der Waals surface area contributed by atoms with Gasteiger partial charge in [0.15, 0.2) is 0 Å². The first-order valence-electron chi connectivity index (χ1n) is 18.7. The van der Waals surface area contributed by atoms with Crippen LogP contribution in [0.15, 0.2) is 0 Å². The molecule has 0 spiro atoms. The molecule has 7 saturated carbocycles. The van der Waals surface area contributed by atoms with Gasteiger partial charge in [0.05, 0.1) is 17.8 Å². The maximum Gasteiger partial charge on any atom is 0.309 e. The van der Waals surface area contributed by atoms with Crippen molar-refractivity contribution in [3.05, 3.63) is 0 Å². The molecule has 44 heavy (non-hydrogen) atoms. The zero-order valence-corrected chi connectivity index (χ0v) is 29.0. The van der Waals surface area contributed by atoms with E-state index < -0.39 is 0 Å². The third kappa shape index (κ3) is 9.47. The Morgan fingerprint density at radius 2 is 1.09 bits per heavy atom. The first-order valence-corrected chi connectivity index (χ1v) is 18.7. The third-order valence-electron chi connectivity index (χ3n) is 12.1. The summed E-state index contributed by atoms with van der Waals surface area (Å²) in [5.74, 6) is 4.39. The minimum absolute atomic E-state index is 0.00519. The molecular formula is C38H64O6. The zero-order chi connectivity index (χ0) is 31.9. The standard InChI is InChI=1S/C15H24O2.C12H20O2.C11H20O2/c1-3-10(2)14(16)17-15-7-11-4-12(8-15)6-13(5-11)9-15;1-3-8(2)12(13)14-11-7-9-4-5-10(11)6-9;1-3-9(2)11(12)13-10-7-5-4-6-8-10/h10-13H,3-9H2,1-2H3;8-11H,3-7H2,1-2H3;9-10H,3-8H2,1-2H3. The Balaban J connectivity index is 0.000000153. The molecular weight excluding hydrogens is 552 g/mol. The van der Waals surface area contributed by atoms with Crippen molar-refractivity contribution >= 4 is 17.9 Å². The van der Waals surface area contributed by atoms with Crippen LogP contribution in [0.2, 0.25) is 0 Å². The van der Waals surface area contributed by atoms with Gasteiger partial charge in [0.1, 0.15) is 17.8 Å². The van der Waals surface area contributed by atoms with Crippen LogP contribution >= 0.6 is 0 Å². The average Bonchev–Trinajstić information content (AvgIpc) is 3.63. The molecule has 0 amide bonds. The fraction of sp³-hybridized carbons (Fsp3) is 0.921. The Labute approximate surface area is 268 Å². The molecule has 0 aromatic rings. The quantitative estimate of drug-likeness (QED) is 0.190. The summed E-state index contributed by atoms with van der Waals surface area (Å²) >= 11 is 0. The van der Waals surface area contributed by atoms with Gasteiger partial charge in [0.25, 0.3) is 0 Å². The predicted molar refractivity (Wildman–Crippen MR) is 174 cm³/mol. The molecule has 0 aromatic heterocycles. The SMILES string of the molecule is CCC(C)C(=O)OC12CC3CC(CC(C3)C1)C2.CCC(C)C(=O)OC1CC2CCC1C2.CCC(C)C(=O)OC1CCCCC1. The first kappa shape index (κ1) is 35.3. The monoisotopic (exact) mass is 616 g/mol. The molecule has 6 unspecified atom stereocenters. The molecule has 6 heteroatoms. The van der Waals surface area contributed by atoms with Gasteiger partial charge in [0.2, 0.25) is 0 Å². The lowest BCUT2D eigenvalue weighted by molar-refractivity contribution is -0.190. The van der Waals surface area contributed by atoms with Crippen molar-refractivity contribution in [1.82, 2.24) is 0 Å². The highest BCUT2D eigenvalue weighted by molar-refractivity contribution is 5.73. The number of esters is 3. The fourth-order valence-electron chi connectivity index (χ4n) is 9.03. The maximum absolute atomic E-state index is 12.0. The highest BCUT2D eigenvalue weighted by Crippen LogP contribution is 2.57. The Kier molecular flexibility index (Phi) is 13.1. The number of carbonyl (C=O) groups excluding carboxylic acids is 3. The number of ether oxygens (including phenoxy) is 3. The van der Waals surface area contributed by atoms with E-state index in [1.165, 1.54) is 57.8 Å². The second-order valence-corrected chi connectivity index (χ2v) is 15.8. The van der Waals surface area contributed by atoms with E-state index in [-0.39, 0.29) is 53.5 Å². The molecule has 252 valence electrons. The summed E-state index contributed by atoms with van der Waals surface area (Å²) in [4.78, 5) is 35.0. The van der Waals surface area contributed by atoms with Crippen LogP contribution < -0.4 is 0 Å². The predicted octanol–water partition coefficient (Wildman–Crippen LogP) is 9.22. The molecule has 7 aliphatic carbocycles. The van der Waals surface area contributed by atoms with Gasteiger partial charge in [-0.1, -0.05) is 48.0 Å². The van der Waals surface area contributed by atoms with Crippen molar-refractivity contribution in [2.45, 2.75) is 175 Å². The molecule has 0 aromatic carbocycles. The normalized spacial score (nSPS) is 35.3. The Morgan fingerprint density at radius 3 is 1.55 bits per heavy atom. The minimum atomic E-state index is -0.0464. The van der Waals surface area contributed by atoms with Crippen molar-refractivity contribution in [3.8, 4) is 0 Å².